The lowest BCUT2D eigenvalue weighted by molar-refractivity contribution is 0.196. The quantitative estimate of drug-likeness (QED) is 0.745. The Bertz CT molecular complexity index is 178. The highest BCUT2D eigenvalue weighted by Crippen LogP contribution is 2.35. The molecule has 0 spiro atoms. The van der Waals surface area contributed by atoms with Gasteiger partial charge in [0.15, 0.2) is 0 Å². The SMILES string of the molecule is CC(C)CCC(N)C1CCC(C(C)C)CC1. The minimum atomic E-state index is 0.468. The molecule has 0 aromatic heterocycles. The first-order valence-corrected chi connectivity index (χ1v) is 7.26. The normalized spacial score (nSPS) is 28.7. The van der Waals surface area contributed by atoms with Crippen LogP contribution in [0.15, 0.2) is 0 Å². The Morgan fingerprint density at radius 3 is 1.81 bits per heavy atom. The third kappa shape index (κ3) is 4.45. The van der Waals surface area contributed by atoms with Gasteiger partial charge in [-0.25, -0.2) is 0 Å². The maximum Gasteiger partial charge on any atom is 0.00672 e. The second-order valence-electron chi connectivity index (χ2n) is 6.55. The van der Waals surface area contributed by atoms with Gasteiger partial charge in [-0.2, -0.15) is 0 Å². The molecule has 1 fully saturated rings. The molecule has 0 heterocycles. The van der Waals surface area contributed by atoms with E-state index in [0.29, 0.717) is 6.04 Å². The van der Waals surface area contributed by atoms with E-state index >= 15 is 0 Å². The van der Waals surface area contributed by atoms with Gasteiger partial charge in [-0.15, -0.1) is 0 Å². The maximum atomic E-state index is 6.32. The van der Waals surface area contributed by atoms with Gasteiger partial charge in [-0.05, 0) is 62.2 Å². The fourth-order valence-electron chi connectivity index (χ4n) is 3.00. The van der Waals surface area contributed by atoms with E-state index in [1.807, 2.05) is 0 Å². The second-order valence-corrected chi connectivity index (χ2v) is 6.55. The van der Waals surface area contributed by atoms with Crippen LogP contribution in [-0.4, -0.2) is 6.04 Å². The van der Waals surface area contributed by atoms with Crippen molar-refractivity contribution >= 4 is 0 Å². The largest absolute Gasteiger partial charge is 0.327 e. The average Bonchev–Trinajstić information content (AvgIpc) is 2.26. The Kier molecular flexibility index (Phi) is 5.82. The van der Waals surface area contributed by atoms with Crippen molar-refractivity contribution in [2.75, 3.05) is 0 Å². The molecule has 0 amide bonds. The second kappa shape index (κ2) is 6.64. The van der Waals surface area contributed by atoms with Crippen LogP contribution in [0.25, 0.3) is 0 Å². The van der Waals surface area contributed by atoms with Crippen molar-refractivity contribution in [3.8, 4) is 0 Å². The van der Waals surface area contributed by atoms with E-state index in [0.717, 1.165) is 23.7 Å². The molecule has 1 aliphatic carbocycles. The van der Waals surface area contributed by atoms with Crippen molar-refractivity contribution in [2.45, 2.75) is 72.3 Å². The molecule has 1 atom stereocenters. The summed E-state index contributed by atoms with van der Waals surface area (Å²) in [7, 11) is 0. The van der Waals surface area contributed by atoms with Gasteiger partial charge >= 0.3 is 0 Å². The predicted octanol–water partition coefficient (Wildman–Crippen LogP) is 4.21. The number of rotatable bonds is 5. The van der Waals surface area contributed by atoms with Crippen molar-refractivity contribution < 1.29 is 0 Å². The number of nitrogens with two attached hydrogens (primary N) is 1. The van der Waals surface area contributed by atoms with Gasteiger partial charge in [-0.1, -0.05) is 27.7 Å². The van der Waals surface area contributed by atoms with E-state index in [9.17, 15) is 0 Å². The van der Waals surface area contributed by atoms with Crippen LogP contribution in [-0.2, 0) is 0 Å². The summed E-state index contributed by atoms with van der Waals surface area (Å²) in [5.41, 5.74) is 6.32. The highest BCUT2D eigenvalue weighted by atomic mass is 14.6. The van der Waals surface area contributed by atoms with Gasteiger partial charge in [0, 0.05) is 6.04 Å². The van der Waals surface area contributed by atoms with E-state index < -0.39 is 0 Å². The Morgan fingerprint density at radius 2 is 1.38 bits per heavy atom. The molecule has 0 saturated heterocycles. The monoisotopic (exact) mass is 225 g/mol. The average molecular weight is 225 g/mol. The highest BCUT2D eigenvalue weighted by Gasteiger charge is 2.26. The minimum absolute atomic E-state index is 0.468. The summed E-state index contributed by atoms with van der Waals surface area (Å²) in [5, 5.41) is 0. The fourth-order valence-corrected chi connectivity index (χ4v) is 3.00. The van der Waals surface area contributed by atoms with Crippen molar-refractivity contribution in [2.24, 2.45) is 29.4 Å². The van der Waals surface area contributed by atoms with Crippen molar-refractivity contribution in [3.63, 3.8) is 0 Å². The van der Waals surface area contributed by atoms with Gasteiger partial charge in [0.2, 0.25) is 0 Å². The summed E-state index contributed by atoms with van der Waals surface area (Å²) in [6, 6.07) is 0.468. The third-order valence-electron chi connectivity index (χ3n) is 4.44. The van der Waals surface area contributed by atoms with Crippen molar-refractivity contribution in [1.82, 2.24) is 0 Å². The topological polar surface area (TPSA) is 26.0 Å². The lowest BCUT2D eigenvalue weighted by Gasteiger charge is -2.34. The van der Waals surface area contributed by atoms with Crippen molar-refractivity contribution in [3.05, 3.63) is 0 Å². The van der Waals surface area contributed by atoms with Crippen LogP contribution in [0.2, 0.25) is 0 Å². The molecule has 1 saturated carbocycles. The number of hydrogen-bond donors (Lipinski definition) is 1. The lowest BCUT2D eigenvalue weighted by atomic mass is 9.74. The summed E-state index contributed by atoms with van der Waals surface area (Å²) in [6.07, 6.45) is 8.11. The maximum absolute atomic E-state index is 6.32. The smallest absolute Gasteiger partial charge is 0.00672 e. The fraction of sp³-hybridized carbons (Fsp3) is 1.00. The first-order chi connectivity index (χ1) is 7.50. The minimum Gasteiger partial charge on any atom is -0.327 e. The molecule has 0 radical (unpaired) electrons. The summed E-state index contributed by atoms with van der Waals surface area (Å²) < 4.78 is 0. The molecule has 0 aromatic rings. The van der Waals surface area contributed by atoms with E-state index in [1.165, 1.54) is 38.5 Å². The van der Waals surface area contributed by atoms with Crippen molar-refractivity contribution in [1.29, 1.82) is 0 Å². The molecule has 1 nitrogen and oxygen atoms in total. The number of hydrogen-bond acceptors (Lipinski definition) is 1. The molecule has 16 heavy (non-hydrogen) atoms. The first-order valence-electron chi connectivity index (χ1n) is 7.26. The molecular weight excluding hydrogens is 194 g/mol. The summed E-state index contributed by atoms with van der Waals surface area (Å²) in [5.74, 6) is 3.45. The lowest BCUT2D eigenvalue weighted by Crippen LogP contribution is -2.34. The summed E-state index contributed by atoms with van der Waals surface area (Å²) in [6.45, 7) is 9.32. The van der Waals surface area contributed by atoms with Gasteiger partial charge in [0.25, 0.3) is 0 Å². The van der Waals surface area contributed by atoms with Gasteiger partial charge in [0.1, 0.15) is 0 Å². The first kappa shape index (κ1) is 14.0. The Balaban J connectivity index is 2.24. The summed E-state index contributed by atoms with van der Waals surface area (Å²) >= 11 is 0. The molecule has 2 N–H and O–H groups in total. The molecule has 1 heteroatoms. The molecule has 96 valence electrons. The van der Waals surface area contributed by atoms with Crippen LogP contribution in [0, 0.1) is 23.7 Å². The van der Waals surface area contributed by atoms with Crippen LogP contribution in [0.1, 0.15) is 66.2 Å². The standard InChI is InChI=1S/C15H31N/c1-11(2)5-10-15(16)14-8-6-13(7-9-14)12(3)4/h11-15H,5-10,16H2,1-4H3. The Hall–Kier alpha value is -0.0400. The van der Waals surface area contributed by atoms with E-state index in [-0.39, 0.29) is 0 Å². The zero-order valence-corrected chi connectivity index (χ0v) is 11.7. The summed E-state index contributed by atoms with van der Waals surface area (Å²) in [4.78, 5) is 0. The van der Waals surface area contributed by atoms with Gasteiger partial charge < -0.3 is 5.73 Å². The van der Waals surface area contributed by atoms with Crippen LogP contribution in [0.5, 0.6) is 0 Å². The van der Waals surface area contributed by atoms with Crippen LogP contribution < -0.4 is 5.73 Å². The Labute approximate surface area is 102 Å². The highest BCUT2D eigenvalue weighted by molar-refractivity contribution is 4.81. The predicted molar refractivity (Wildman–Crippen MR) is 72.3 cm³/mol. The Morgan fingerprint density at radius 1 is 0.875 bits per heavy atom. The van der Waals surface area contributed by atoms with Crippen LogP contribution >= 0.6 is 0 Å². The molecular formula is C15H31N. The molecule has 0 aromatic carbocycles. The third-order valence-corrected chi connectivity index (χ3v) is 4.44. The zero-order valence-electron chi connectivity index (χ0n) is 11.7. The molecule has 1 unspecified atom stereocenters. The molecule has 1 aliphatic rings. The van der Waals surface area contributed by atoms with Crippen LogP contribution in [0.3, 0.4) is 0 Å². The van der Waals surface area contributed by atoms with Gasteiger partial charge in [0.05, 0.1) is 0 Å². The molecule has 0 bridgehead atoms. The van der Waals surface area contributed by atoms with Crippen LogP contribution in [0.4, 0.5) is 0 Å². The molecule has 0 aliphatic heterocycles. The van der Waals surface area contributed by atoms with E-state index in [4.69, 9.17) is 5.73 Å². The van der Waals surface area contributed by atoms with E-state index in [2.05, 4.69) is 27.7 Å². The zero-order chi connectivity index (χ0) is 12.1. The molecule has 1 rings (SSSR count). The van der Waals surface area contributed by atoms with Gasteiger partial charge in [-0.3, -0.25) is 0 Å². The van der Waals surface area contributed by atoms with E-state index in [1.54, 1.807) is 0 Å².